The van der Waals surface area contributed by atoms with Gasteiger partial charge < -0.3 is 5.11 Å². The lowest BCUT2D eigenvalue weighted by molar-refractivity contribution is -0.384. The molecule has 4 aromatic carbocycles. The lowest BCUT2D eigenvalue weighted by Gasteiger charge is -2.38. The fourth-order valence-electron chi connectivity index (χ4n) is 5.12. The molecule has 0 spiro atoms. The van der Waals surface area contributed by atoms with Gasteiger partial charge in [-0.05, 0) is 39.8 Å². The number of terminal acetylenes is 1. The van der Waals surface area contributed by atoms with Gasteiger partial charge in [-0.3, -0.25) is 15.4 Å². The molecule has 0 aromatic heterocycles. The molecule has 5 nitrogen and oxygen atoms in total. The monoisotopic (exact) mass is 460 g/mol. The average molecular weight is 461 g/mol. The molecule has 0 aliphatic heterocycles. The van der Waals surface area contributed by atoms with Crippen molar-refractivity contribution in [3.63, 3.8) is 0 Å². The highest BCUT2D eigenvalue weighted by Crippen LogP contribution is 2.51. The van der Waals surface area contributed by atoms with E-state index in [4.69, 9.17) is 6.42 Å². The second kappa shape index (κ2) is 9.19. The van der Waals surface area contributed by atoms with Gasteiger partial charge in [0, 0.05) is 18.2 Å². The van der Waals surface area contributed by atoms with Gasteiger partial charge in [-0.1, -0.05) is 96.9 Å². The van der Waals surface area contributed by atoms with Crippen LogP contribution in [0, 0.1) is 22.5 Å². The molecule has 1 aliphatic carbocycles. The molecule has 0 bridgehead atoms. The minimum atomic E-state index is -1.08. The maximum atomic E-state index is 11.1. The summed E-state index contributed by atoms with van der Waals surface area (Å²) in [6.07, 6.45) is 5.02. The first-order valence-electron chi connectivity index (χ1n) is 11.4. The second-order valence-electron chi connectivity index (χ2n) is 8.70. The number of nitrogens with one attached hydrogen (secondary N) is 1. The normalized spacial score (nSPS) is 14.9. The summed E-state index contributed by atoms with van der Waals surface area (Å²) < 4.78 is 0. The quantitative estimate of drug-likeness (QED) is 0.230. The first-order valence-corrected chi connectivity index (χ1v) is 11.4. The van der Waals surface area contributed by atoms with E-state index >= 15 is 0 Å². The molecule has 0 heterocycles. The highest BCUT2D eigenvalue weighted by atomic mass is 16.6. The van der Waals surface area contributed by atoms with Crippen molar-refractivity contribution >= 4 is 5.69 Å². The van der Waals surface area contributed by atoms with Crippen molar-refractivity contribution in [1.82, 2.24) is 5.32 Å². The van der Waals surface area contributed by atoms with Gasteiger partial charge >= 0.3 is 0 Å². The molecule has 0 unspecified atom stereocenters. The maximum Gasteiger partial charge on any atom is 0.269 e. The Morgan fingerprint density at radius 3 is 1.94 bits per heavy atom. The zero-order chi connectivity index (χ0) is 24.4. The molecule has 5 rings (SSSR count). The predicted octanol–water partition coefficient (Wildman–Crippen LogP) is 5.06. The number of rotatable bonds is 7. The number of nitro groups is 1. The third-order valence-corrected chi connectivity index (χ3v) is 6.72. The number of benzene rings is 4. The lowest BCUT2D eigenvalue weighted by Crippen LogP contribution is -2.53. The van der Waals surface area contributed by atoms with Crippen LogP contribution in [0.5, 0.6) is 0 Å². The van der Waals surface area contributed by atoms with Gasteiger partial charge in [0.2, 0.25) is 0 Å². The maximum absolute atomic E-state index is 11.1. The number of aliphatic hydroxyl groups excluding tert-OH is 1. The third kappa shape index (κ3) is 3.89. The van der Waals surface area contributed by atoms with Crippen LogP contribution in [0.4, 0.5) is 5.69 Å². The lowest BCUT2D eigenvalue weighted by atomic mass is 9.79. The summed E-state index contributed by atoms with van der Waals surface area (Å²) in [5, 5.41) is 25.8. The fraction of sp³-hybridized carbons (Fsp3) is 0.133. The molecule has 0 saturated carbocycles. The Hall–Kier alpha value is -4.24. The van der Waals surface area contributed by atoms with Crippen molar-refractivity contribution in [3.8, 4) is 23.5 Å². The summed E-state index contributed by atoms with van der Waals surface area (Å²) in [5.41, 5.74) is 5.59. The van der Waals surface area contributed by atoms with E-state index in [-0.39, 0.29) is 5.69 Å². The van der Waals surface area contributed by atoms with Gasteiger partial charge in [0.05, 0.1) is 10.5 Å². The molecular weight excluding hydrogens is 436 g/mol. The largest absolute Gasteiger partial charge is 0.379 e. The molecule has 0 saturated heterocycles. The minimum Gasteiger partial charge on any atom is -0.379 e. The molecule has 35 heavy (non-hydrogen) atoms. The Morgan fingerprint density at radius 1 is 0.857 bits per heavy atom. The Balaban J connectivity index is 1.65. The van der Waals surface area contributed by atoms with Gasteiger partial charge in [-0.25, -0.2) is 0 Å². The minimum absolute atomic E-state index is 0.0233. The van der Waals surface area contributed by atoms with Crippen LogP contribution in [0.2, 0.25) is 0 Å². The number of non-ortho nitro benzene ring substituents is 1. The molecule has 2 atom stereocenters. The summed E-state index contributed by atoms with van der Waals surface area (Å²) >= 11 is 0. The number of hydrogen-bond donors (Lipinski definition) is 2. The Bertz CT molecular complexity index is 1360. The summed E-state index contributed by atoms with van der Waals surface area (Å²) in [4.78, 5) is 10.7. The third-order valence-electron chi connectivity index (χ3n) is 6.72. The van der Waals surface area contributed by atoms with Gasteiger partial charge in [0.1, 0.15) is 6.10 Å². The van der Waals surface area contributed by atoms with Crippen molar-refractivity contribution in [3.05, 3.63) is 135 Å². The van der Waals surface area contributed by atoms with Crippen LogP contribution in [0.1, 0.15) is 22.3 Å². The van der Waals surface area contributed by atoms with Crippen LogP contribution < -0.4 is 5.32 Å². The SMILES string of the molecule is C#C[C@@H](O)[C@H](Cc1ccc([N+](=O)[O-])cc1)NC1(c2ccccc2)c2ccccc2-c2ccccc21. The summed E-state index contributed by atoms with van der Waals surface area (Å²) in [6.45, 7) is 0. The van der Waals surface area contributed by atoms with E-state index in [1.807, 2.05) is 42.5 Å². The first kappa shape index (κ1) is 22.5. The molecule has 0 fully saturated rings. The number of nitrogens with zero attached hydrogens (tertiary/aromatic N) is 1. The molecule has 0 radical (unpaired) electrons. The number of nitro benzene ring substituents is 1. The first-order chi connectivity index (χ1) is 17.0. The highest BCUT2D eigenvalue weighted by molar-refractivity contribution is 5.83. The number of fused-ring (bicyclic) bond motifs is 3. The molecule has 2 N–H and O–H groups in total. The predicted molar refractivity (Wildman–Crippen MR) is 137 cm³/mol. The zero-order valence-corrected chi connectivity index (χ0v) is 19.0. The van der Waals surface area contributed by atoms with Crippen LogP contribution in [0.15, 0.2) is 103 Å². The van der Waals surface area contributed by atoms with Crippen molar-refractivity contribution in [2.75, 3.05) is 0 Å². The van der Waals surface area contributed by atoms with Gasteiger partial charge in [-0.15, -0.1) is 6.42 Å². The smallest absolute Gasteiger partial charge is 0.269 e. The zero-order valence-electron chi connectivity index (χ0n) is 19.0. The van der Waals surface area contributed by atoms with Crippen LogP contribution in [-0.4, -0.2) is 22.2 Å². The summed E-state index contributed by atoms with van der Waals surface area (Å²) in [6, 6.07) is 32.5. The molecule has 5 heteroatoms. The van der Waals surface area contributed by atoms with E-state index < -0.39 is 22.6 Å². The summed E-state index contributed by atoms with van der Waals surface area (Å²) in [5.74, 6) is 2.49. The van der Waals surface area contributed by atoms with Crippen LogP contribution >= 0.6 is 0 Å². The van der Waals surface area contributed by atoms with Gasteiger partial charge in [0.15, 0.2) is 0 Å². The number of aliphatic hydroxyl groups is 1. The molecule has 4 aromatic rings. The van der Waals surface area contributed by atoms with E-state index in [2.05, 4.69) is 47.6 Å². The summed E-state index contributed by atoms with van der Waals surface area (Å²) in [7, 11) is 0. The van der Waals surface area contributed by atoms with E-state index in [0.29, 0.717) is 6.42 Å². The van der Waals surface area contributed by atoms with Crippen LogP contribution in [0.3, 0.4) is 0 Å². The van der Waals surface area contributed by atoms with Crippen molar-refractivity contribution in [2.24, 2.45) is 0 Å². The van der Waals surface area contributed by atoms with Crippen molar-refractivity contribution in [1.29, 1.82) is 0 Å². The van der Waals surface area contributed by atoms with Crippen LogP contribution in [0.25, 0.3) is 11.1 Å². The van der Waals surface area contributed by atoms with Gasteiger partial charge in [-0.2, -0.15) is 0 Å². The van der Waals surface area contributed by atoms with E-state index in [1.165, 1.54) is 12.1 Å². The molecular formula is C30H24N2O3. The molecule has 172 valence electrons. The topological polar surface area (TPSA) is 75.4 Å². The van der Waals surface area contributed by atoms with E-state index in [9.17, 15) is 15.2 Å². The Morgan fingerprint density at radius 2 is 1.40 bits per heavy atom. The standard InChI is InChI=1S/C30H24N2O3/c1-2-29(33)28(20-21-16-18-23(19-17-21)32(34)35)31-30(22-10-4-3-5-11-22)26-14-8-6-12-24(26)25-13-7-9-15-27(25)30/h1,3-19,28-29,31,33H,20H2/t28-,29+/m0/s1. The van der Waals surface area contributed by atoms with E-state index in [1.54, 1.807) is 12.1 Å². The Labute approximate surface area is 204 Å². The van der Waals surface area contributed by atoms with E-state index in [0.717, 1.165) is 33.4 Å². The number of hydrogen-bond acceptors (Lipinski definition) is 4. The Kier molecular flexibility index (Phi) is 5.92. The van der Waals surface area contributed by atoms with Crippen molar-refractivity contribution in [2.45, 2.75) is 24.1 Å². The molecule has 0 amide bonds. The molecule has 1 aliphatic rings. The van der Waals surface area contributed by atoms with Gasteiger partial charge in [0.25, 0.3) is 5.69 Å². The van der Waals surface area contributed by atoms with Crippen LogP contribution in [-0.2, 0) is 12.0 Å². The highest BCUT2D eigenvalue weighted by Gasteiger charge is 2.46. The average Bonchev–Trinajstić information content (AvgIpc) is 3.19. The fourth-order valence-corrected chi connectivity index (χ4v) is 5.12. The van der Waals surface area contributed by atoms with Crippen molar-refractivity contribution < 1.29 is 10.0 Å². The second-order valence-corrected chi connectivity index (χ2v) is 8.70.